The second-order valence-electron chi connectivity index (χ2n) is 3.65. The van der Waals surface area contributed by atoms with E-state index >= 15 is 0 Å². The van der Waals surface area contributed by atoms with Gasteiger partial charge in [-0.3, -0.25) is 0 Å². The number of nitrogens with one attached hydrogen (secondary N) is 1. The molecule has 14 heavy (non-hydrogen) atoms. The fraction of sp³-hybridized carbons (Fsp3) is 0.455. The van der Waals surface area contributed by atoms with Crippen molar-refractivity contribution in [1.29, 1.82) is 0 Å². The molecular formula is C11H14FNO. The zero-order valence-corrected chi connectivity index (χ0v) is 8.13. The highest BCUT2D eigenvalue weighted by molar-refractivity contribution is 5.59. The van der Waals surface area contributed by atoms with Crippen molar-refractivity contribution in [2.45, 2.75) is 25.3 Å². The first-order valence-corrected chi connectivity index (χ1v) is 4.93. The van der Waals surface area contributed by atoms with Gasteiger partial charge in [0.15, 0.2) is 0 Å². The summed E-state index contributed by atoms with van der Waals surface area (Å²) in [7, 11) is 0. The van der Waals surface area contributed by atoms with Crippen molar-refractivity contribution >= 4 is 5.69 Å². The molecule has 0 spiro atoms. The van der Waals surface area contributed by atoms with Crippen LogP contribution in [0.25, 0.3) is 0 Å². The molecule has 0 aliphatic carbocycles. The summed E-state index contributed by atoms with van der Waals surface area (Å²) in [5.74, 6) is -0.0750. The summed E-state index contributed by atoms with van der Waals surface area (Å²) in [6.07, 6.45) is 0.839. The van der Waals surface area contributed by atoms with E-state index in [0.29, 0.717) is 0 Å². The van der Waals surface area contributed by atoms with Gasteiger partial charge in [-0.1, -0.05) is 13.0 Å². The summed E-state index contributed by atoms with van der Waals surface area (Å²) >= 11 is 0. The Hall–Kier alpha value is -1.09. The zero-order chi connectivity index (χ0) is 10.1. The molecule has 2 nitrogen and oxygen atoms in total. The van der Waals surface area contributed by atoms with Crippen LogP contribution in [0.3, 0.4) is 0 Å². The summed E-state index contributed by atoms with van der Waals surface area (Å²) in [6.45, 7) is 2.06. The van der Waals surface area contributed by atoms with Crippen molar-refractivity contribution in [1.82, 2.24) is 0 Å². The van der Waals surface area contributed by atoms with E-state index in [0.717, 1.165) is 17.7 Å². The summed E-state index contributed by atoms with van der Waals surface area (Å²) < 4.78 is 13.5. The molecule has 1 aliphatic heterocycles. The van der Waals surface area contributed by atoms with Crippen molar-refractivity contribution in [3.8, 4) is 0 Å². The Bertz CT molecular complexity index is 340. The number of hydrogen-bond donors (Lipinski definition) is 2. The SMILES string of the molecule is CCC1c2c(F)cccc2NC1CO. The van der Waals surface area contributed by atoms with E-state index in [9.17, 15) is 4.39 Å². The van der Waals surface area contributed by atoms with Gasteiger partial charge in [-0.15, -0.1) is 0 Å². The van der Waals surface area contributed by atoms with Crippen LogP contribution in [0, 0.1) is 5.82 Å². The van der Waals surface area contributed by atoms with Crippen LogP contribution in [0.5, 0.6) is 0 Å². The summed E-state index contributed by atoms with van der Waals surface area (Å²) in [5, 5.41) is 12.3. The van der Waals surface area contributed by atoms with Crippen LogP contribution in [0.1, 0.15) is 24.8 Å². The third-order valence-corrected chi connectivity index (χ3v) is 2.89. The van der Waals surface area contributed by atoms with Crippen molar-refractivity contribution in [3.05, 3.63) is 29.6 Å². The van der Waals surface area contributed by atoms with Crippen LogP contribution in [-0.4, -0.2) is 17.8 Å². The molecule has 0 amide bonds. The van der Waals surface area contributed by atoms with Gasteiger partial charge in [-0.2, -0.15) is 0 Å². The number of aliphatic hydroxyl groups is 1. The first kappa shape index (κ1) is 9.46. The molecule has 0 fully saturated rings. The van der Waals surface area contributed by atoms with Crippen molar-refractivity contribution in [2.75, 3.05) is 11.9 Å². The second-order valence-corrected chi connectivity index (χ2v) is 3.65. The molecule has 1 heterocycles. The molecule has 2 atom stereocenters. The van der Waals surface area contributed by atoms with E-state index in [1.54, 1.807) is 6.07 Å². The minimum atomic E-state index is -0.169. The summed E-state index contributed by atoms with van der Waals surface area (Å²) in [6, 6.07) is 4.99. The van der Waals surface area contributed by atoms with Gasteiger partial charge in [-0.05, 0) is 18.6 Å². The second kappa shape index (κ2) is 3.58. The predicted octanol–water partition coefficient (Wildman–Crippen LogP) is 2.11. The molecule has 3 heteroatoms. The molecule has 1 aromatic carbocycles. The highest BCUT2D eigenvalue weighted by Gasteiger charge is 2.32. The Morgan fingerprint density at radius 1 is 1.50 bits per heavy atom. The number of anilines is 1. The highest BCUT2D eigenvalue weighted by Crippen LogP contribution is 2.39. The molecule has 0 aromatic heterocycles. The zero-order valence-electron chi connectivity index (χ0n) is 8.13. The molecular weight excluding hydrogens is 181 g/mol. The largest absolute Gasteiger partial charge is 0.394 e. The van der Waals surface area contributed by atoms with Gasteiger partial charge >= 0.3 is 0 Å². The quantitative estimate of drug-likeness (QED) is 0.757. The molecule has 0 bridgehead atoms. The van der Waals surface area contributed by atoms with Gasteiger partial charge in [0.2, 0.25) is 0 Å². The molecule has 2 rings (SSSR count). The lowest BCUT2D eigenvalue weighted by Gasteiger charge is -2.15. The normalized spacial score (nSPS) is 24.5. The lowest BCUT2D eigenvalue weighted by molar-refractivity contribution is 0.260. The molecule has 1 aliphatic rings. The van der Waals surface area contributed by atoms with Gasteiger partial charge in [0.05, 0.1) is 12.6 Å². The van der Waals surface area contributed by atoms with Crippen LogP contribution in [0.2, 0.25) is 0 Å². The molecule has 2 unspecified atom stereocenters. The smallest absolute Gasteiger partial charge is 0.128 e. The van der Waals surface area contributed by atoms with Crippen LogP contribution < -0.4 is 5.32 Å². The van der Waals surface area contributed by atoms with Gasteiger partial charge in [0, 0.05) is 17.2 Å². The van der Waals surface area contributed by atoms with Crippen molar-refractivity contribution in [2.24, 2.45) is 0 Å². The Morgan fingerprint density at radius 3 is 2.93 bits per heavy atom. The Morgan fingerprint density at radius 2 is 2.29 bits per heavy atom. The minimum absolute atomic E-state index is 0.0353. The van der Waals surface area contributed by atoms with E-state index in [2.05, 4.69) is 5.32 Å². The van der Waals surface area contributed by atoms with Crippen LogP contribution >= 0.6 is 0 Å². The lowest BCUT2D eigenvalue weighted by atomic mass is 9.92. The van der Waals surface area contributed by atoms with E-state index in [1.165, 1.54) is 6.07 Å². The number of rotatable bonds is 2. The Kier molecular flexibility index (Phi) is 2.42. The number of aliphatic hydroxyl groups excluding tert-OH is 1. The van der Waals surface area contributed by atoms with Crippen LogP contribution in [0.15, 0.2) is 18.2 Å². The number of benzene rings is 1. The number of fused-ring (bicyclic) bond motifs is 1. The molecule has 0 saturated heterocycles. The van der Waals surface area contributed by atoms with E-state index in [4.69, 9.17) is 5.11 Å². The van der Waals surface area contributed by atoms with Crippen LogP contribution in [-0.2, 0) is 0 Å². The van der Waals surface area contributed by atoms with Gasteiger partial charge in [0.25, 0.3) is 0 Å². The van der Waals surface area contributed by atoms with Crippen molar-refractivity contribution in [3.63, 3.8) is 0 Å². The first-order valence-electron chi connectivity index (χ1n) is 4.93. The lowest BCUT2D eigenvalue weighted by Crippen LogP contribution is -2.24. The molecule has 0 saturated carbocycles. The monoisotopic (exact) mass is 195 g/mol. The van der Waals surface area contributed by atoms with E-state index in [-0.39, 0.29) is 24.4 Å². The standard InChI is InChI=1S/C11H14FNO/c1-2-7-10(6-14)13-9-5-3-4-8(12)11(7)9/h3-5,7,10,13-14H,2,6H2,1H3. The molecule has 0 radical (unpaired) electrons. The highest BCUT2D eigenvalue weighted by atomic mass is 19.1. The maximum Gasteiger partial charge on any atom is 0.128 e. The number of halogens is 1. The average Bonchev–Trinajstić information content (AvgIpc) is 2.56. The van der Waals surface area contributed by atoms with Gasteiger partial charge in [-0.25, -0.2) is 4.39 Å². The van der Waals surface area contributed by atoms with Crippen LogP contribution in [0.4, 0.5) is 10.1 Å². The summed E-state index contributed by atoms with van der Waals surface area (Å²) in [4.78, 5) is 0. The molecule has 1 aromatic rings. The minimum Gasteiger partial charge on any atom is -0.394 e. The molecule has 2 N–H and O–H groups in total. The topological polar surface area (TPSA) is 32.3 Å². The third-order valence-electron chi connectivity index (χ3n) is 2.89. The van der Waals surface area contributed by atoms with Crippen molar-refractivity contribution < 1.29 is 9.50 Å². The van der Waals surface area contributed by atoms with Gasteiger partial charge < -0.3 is 10.4 Å². The first-order chi connectivity index (χ1) is 6.77. The predicted molar refractivity (Wildman–Crippen MR) is 53.9 cm³/mol. The number of hydrogen-bond acceptors (Lipinski definition) is 2. The Labute approximate surface area is 82.8 Å². The molecule has 76 valence electrons. The summed E-state index contributed by atoms with van der Waals surface area (Å²) in [5.41, 5.74) is 1.56. The maximum atomic E-state index is 13.5. The Balaban J connectivity index is 2.43. The third kappa shape index (κ3) is 1.28. The van der Waals surface area contributed by atoms with Gasteiger partial charge in [0.1, 0.15) is 5.82 Å². The van der Waals surface area contributed by atoms with E-state index < -0.39 is 0 Å². The van der Waals surface area contributed by atoms with E-state index in [1.807, 2.05) is 13.0 Å². The average molecular weight is 195 g/mol. The maximum absolute atomic E-state index is 13.5. The fourth-order valence-electron chi connectivity index (χ4n) is 2.20. The fourth-order valence-corrected chi connectivity index (χ4v) is 2.20.